The second-order valence-electron chi connectivity index (χ2n) is 6.15. The first kappa shape index (κ1) is 21.5. The number of sulfonamides is 1. The zero-order valence-electron chi connectivity index (χ0n) is 15.3. The normalized spacial score (nSPS) is 15.0. The van der Waals surface area contributed by atoms with E-state index < -0.39 is 15.5 Å². The molecule has 0 bridgehead atoms. The van der Waals surface area contributed by atoms with E-state index >= 15 is 0 Å². The Hall–Kier alpha value is -2.25. The van der Waals surface area contributed by atoms with Crippen LogP contribution in [0.25, 0.3) is 0 Å². The van der Waals surface area contributed by atoms with Crippen molar-refractivity contribution in [2.75, 3.05) is 36.4 Å². The molecule has 1 aliphatic heterocycles. The van der Waals surface area contributed by atoms with Crippen LogP contribution >= 0.6 is 11.3 Å². The van der Waals surface area contributed by atoms with E-state index in [1.165, 1.54) is 23.6 Å². The van der Waals surface area contributed by atoms with Gasteiger partial charge in [0.1, 0.15) is 5.69 Å². The molecule has 0 amide bonds. The predicted octanol–water partition coefficient (Wildman–Crippen LogP) is 4.22. The SMILES string of the molecule is COCCN1CCCc2cc(N=Nc3nccs3)c(NS(=O)(=O)C(F)(F)F)cc21. The van der Waals surface area contributed by atoms with Crippen LogP contribution in [0.5, 0.6) is 0 Å². The Bertz CT molecular complexity index is 978. The molecule has 0 fully saturated rings. The van der Waals surface area contributed by atoms with Gasteiger partial charge < -0.3 is 9.64 Å². The molecule has 8 nitrogen and oxygen atoms in total. The van der Waals surface area contributed by atoms with Crippen LogP contribution < -0.4 is 9.62 Å². The zero-order chi connectivity index (χ0) is 21.1. The van der Waals surface area contributed by atoms with Gasteiger partial charge in [0, 0.05) is 37.5 Å². The van der Waals surface area contributed by atoms with Gasteiger partial charge in [0.15, 0.2) is 0 Å². The summed E-state index contributed by atoms with van der Waals surface area (Å²) < 4.78 is 68.7. The second-order valence-corrected chi connectivity index (χ2v) is 8.69. The number of hydrogen-bond acceptors (Lipinski definition) is 8. The maximum Gasteiger partial charge on any atom is 0.516 e. The van der Waals surface area contributed by atoms with Gasteiger partial charge in [-0.1, -0.05) is 0 Å². The van der Waals surface area contributed by atoms with E-state index in [-0.39, 0.29) is 11.4 Å². The fraction of sp³-hybridized carbons (Fsp3) is 0.438. The standard InChI is InChI=1S/C16H18F3N5O3S2/c1-27-7-6-24-5-2-3-11-9-12(21-22-15-20-4-8-28-15)13(10-14(11)24)23-29(25,26)16(17,18)19/h4,8-10,23H,2-3,5-7H2,1H3. The van der Waals surface area contributed by atoms with Crippen molar-refractivity contribution >= 4 is 43.6 Å². The smallest absolute Gasteiger partial charge is 0.383 e. The van der Waals surface area contributed by atoms with Crippen LogP contribution in [0.4, 0.5) is 35.4 Å². The van der Waals surface area contributed by atoms with Crippen molar-refractivity contribution < 1.29 is 26.3 Å². The summed E-state index contributed by atoms with van der Waals surface area (Å²) in [5.74, 6) is 0. The van der Waals surface area contributed by atoms with E-state index in [4.69, 9.17) is 4.74 Å². The summed E-state index contributed by atoms with van der Waals surface area (Å²) in [6, 6.07) is 2.92. The highest BCUT2D eigenvalue weighted by Crippen LogP contribution is 2.39. The minimum atomic E-state index is -5.61. The second kappa shape index (κ2) is 8.63. The summed E-state index contributed by atoms with van der Waals surface area (Å²) in [4.78, 5) is 5.87. The number of hydrogen-bond donors (Lipinski definition) is 1. The lowest BCUT2D eigenvalue weighted by Crippen LogP contribution is -2.33. The van der Waals surface area contributed by atoms with E-state index in [0.717, 1.165) is 12.0 Å². The Labute approximate surface area is 169 Å². The number of fused-ring (bicyclic) bond motifs is 1. The van der Waals surface area contributed by atoms with Crippen LogP contribution in [-0.2, 0) is 21.2 Å². The number of halogens is 3. The molecule has 0 atom stereocenters. The van der Waals surface area contributed by atoms with Crippen molar-refractivity contribution in [1.82, 2.24) is 4.98 Å². The van der Waals surface area contributed by atoms with Crippen molar-refractivity contribution in [1.29, 1.82) is 0 Å². The number of aryl methyl sites for hydroxylation is 1. The first-order valence-electron chi connectivity index (χ1n) is 8.52. The topological polar surface area (TPSA) is 96.2 Å². The Morgan fingerprint density at radius 1 is 1.34 bits per heavy atom. The minimum Gasteiger partial charge on any atom is -0.383 e. The van der Waals surface area contributed by atoms with Crippen LogP contribution in [-0.4, -0.2) is 45.7 Å². The molecule has 0 saturated heterocycles. The molecule has 158 valence electrons. The highest BCUT2D eigenvalue weighted by Gasteiger charge is 2.46. The number of azo groups is 1. The lowest BCUT2D eigenvalue weighted by molar-refractivity contribution is -0.0429. The number of anilines is 2. The quantitative estimate of drug-likeness (QED) is 0.639. The van der Waals surface area contributed by atoms with E-state index in [2.05, 4.69) is 15.2 Å². The van der Waals surface area contributed by atoms with E-state index in [0.29, 0.717) is 36.9 Å². The van der Waals surface area contributed by atoms with Gasteiger partial charge in [-0.15, -0.1) is 21.6 Å². The highest BCUT2D eigenvalue weighted by molar-refractivity contribution is 7.93. The fourth-order valence-electron chi connectivity index (χ4n) is 2.86. The van der Waals surface area contributed by atoms with Gasteiger partial charge in [0.05, 0.1) is 12.3 Å². The van der Waals surface area contributed by atoms with Crippen LogP contribution in [0.2, 0.25) is 0 Å². The number of thiazole rings is 1. The van der Waals surface area contributed by atoms with Gasteiger partial charge in [-0.2, -0.15) is 21.6 Å². The summed E-state index contributed by atoms with van der Waals surface area (Å²) in [6.45, 7) is 1.63. The van der Waals surface area contributed by atoms with Crippen molar-refractivity contribution in [2.45, 2.75) is 18.3 Å². The fourth-order valence-corrected chi connectivity index (χ4v) is 3.88. The first-order chi connectivity index (χ1) is 13.7. The van der Waals surface area contributed by atoms with Gasteiger partial charge in [-0.25, -0.2) is 4.98 Å². The van der Waals surface area contributed by atoms with Crippen LogP contribution in [0.15, 0.2) is 33.9 Å². The maximum atomic E-state index is 12.9. The number of nitrogens with one attached hydrogen (secondary N) is 1. The number of rotatable bonds is 7. The number of aromatic nitrogens is 1. The third-order valence-corrected chi connectivity index (χ3v) is 5.94. The molecule has 1 aliphatic rings. The Morgan fingerprint density at radius 2 is 2.14 bits per heavy atom. The monoisotopic (exact) mass is 449 g/mol. The summed E-state index contributed by atoms with van der Waals surface area (Å²) in [6.07, 6.45) is 3.03. The van der Waals surface area contributed by atoms with Gasteiger partial charge in [-0.3, -0.25) is 4.72 Å². The molecule has 0 spiro atoms. The molecule has 0 radical (unpaired) electrons. The van der Waals surface area contributed by atoms with Crippen molar-refractivity contribution in [3.05, 3.63) is 29.3 Å². The molecular formula is C16H18F3N5O3S2. The predicted molar refractivity (Wildman–Crippen MR) is 104 cm³/mol. The lowest BCUT2D eigenvalue weighted by Gasteiger charge is -2.32. The molecule has 3 rings (SSSR count). The molecule has 0 unspecified atom stereocenters. The average molecular weight is 449 g/mol. The van der Waals surface area contributed by atoms with Crippen molar-refractivity contribution in [2.24, 2.45) is 10.2 Å². The molecule has 0 aliphatic carbocycles. The number of nitrogens with zero attached hydrogens (tertiary/aromatic N) is 4. The number of alkyl halides is 3. The Balaban J connectivity index is 2.04. The Morgan fingerprint density at radius 3 is 2.79 bits per heavy atom. The molecule has 2 heterocycles. The summed E-state index contributed by atoms with van der Waals surface area (Å²) in [5, 5.41) is 9.80. The molecule has 1 N–H and O–H groups in total. The van der Waals surface area contributed by atoms with Gasteiger partial charge in [0.25, 0.3) is 0 Å². The first-order valence-corrected chi connectivity index (χ1v) is 10.9. The zero-order valence-corrected chi connectivity index (χ0v) is 16.9. The van der Waals surface area contributed by atoms with Crippen LogP contribution in [0, 0.1) is 0 Å². The van der Waals surface area contributed by atoms with Gasteiger partial charge in [-0.05, 0) is 30.5 Å². The summed E-state index contributed by atoms with van der Waals surface area (Å²) in [5.41, 5.74) is -4.29. The van der Waals surface area contributed by atoms with Crippen molar-refractivity contribution in [3.8, 4) is 0 Å². The molecule has 0 saturated carbocycles. The summed E-state index contributed by atoms with van der Waals surface area (Å²) >= 11 is 1.19. The van der Waals surface area contributed by atoms with E-state index in [1.807, 2.05) is 4.90 Å². The third kappa shape index (κ3) is 5.03. The van der Waals surface area contributed by atoms with Crippen molar-refractivity contribution in [3.63, 3.8) is 0 Å². The van der Waals surface area contributed by atoms with Gasteiger partial charge >= 0.3 is 15.5 Å². The number of ether oxygens (including phenoxy) is 1. The summed E-state index contributed by atoms with van der Waals surface area (Å²) in [7, 11) is -4.06. The van der Waals surface area contributed by atoms with Crippen LogP contribution in [0.3, 0.4) is 0 Å². The highest BCUT2D eigenvalue weighted by atomic mass is 32.2. The number of methoxy groups -OCH3 is 1. The largest absolute Gasteiger partial charge is 0.516 e. The molecule has 1 aromatic heterocycles. The molecule has 29 heavy (non-hydrogen) atoms. The van der Waals surface area contributed by atoms with Gasteiger partial charge in [0.2, 0.25) is 5.13 Å². The number of benzene rings is 1. The van der Waals surface area contributed by atoms with Crippen LogP contribution in [0.1, 0.15) is 12.0 Å². The molecular weight excluding hydrogens is 431 g/mol. The van der Waals surface area contributed by atoms with E-state index in [9.17, 15) is 21.6 Å². The third-order valence-electron chi connectivity index (χ3n) is 4.19. The average Bonchev–Trinajstić information content (AvgIpc) is 3.17. The Kier molecular flexibility index (Phi) is 6.39. The molecule has 13 heteroatoms. The minimum absolute atomic E-state index is 0.0135. The van der Waals surface area contributed by atoms with E-state index in [1.54, 1.807) is 23.3 Å². The lowest BCUT2D eigenvalue weighted by atomic mass is 10.00. The molecule has 2 aromatic rings. The maximum absolute atomic E-state index is 12.9. The molecule has 1 aromatic carbocycles.